The van der Waals surface area contributed by atoms with Crippen LogP contribution in [0.1, 0.15) is 12.0 Å². The molecule has 1 aromatic carbocycles. The average molecular weight is 269 g/mol. The van der Waals surface area contributed by atoms with E-state index in [9.17, 15) is 0 Å². The summed E-state index contributed by atoms with van der Waals surface area (Å²) in [7, 11) is 1.64. The number of nitrogens with zero attached hydrogens (tertiary/aromatic N) is 2. The van der Waals surface area contributed by atoms with E-state index in [1.807, 2.05) is 17.0 Å². The molecule has 98 valence electrons. The summed E-state index contributed by atoms with van der Waals surface area (Å²) in [5, 5.41) is 18.3. The lowest BCUT2D eigenvalue weighted by Crippen LogP contribution is -2.28. The van der Waals surface area contributed by atoms with Gasteiger partial charge in [0.05, 0.1) is 36.4 Å². The summed E-state index contributed by atoms with van der Waals surface area (Å²) in [6.45, 7) is 1.83. The molecule has 0 bridgehead atoms. The van der Waals surface area contributed by atoms with Crippen molar-refractivity contribution in [1.82, 2.24) is 0 Å². The Morgan fingerprint density at radius 2 is 2.22 bits per heavy atom. The van der Waals surface area contributed by atoms with Gasteiger partial charge in [0.15, 0.2) is 0 Å². The van der Waals surface area contributed by atoms with Crippen LogP contribution in [-0.4, -0.2) is 31.9 Å². The van der Waals surface area contributed by atoms with Crippen LogP contribution in [-0.2, 0) is 11.3 Å². The molecular weight excluding hydrogens is 252 g/mol. The van der Waals surface area contributed by atoms with Gasteiger partial charge in [-0.1, -0.05) is 17.7 Å². The number of benzene rings is 1. The minimum atomic E-state index is -0.0315. The van der Waals surface area contributed by atoms with Gasteiger partial charge in [-0.3, -0.25) is 0 Å². The average Bonchev–Trinajstić information content (AvgIpc) is 2.39. The summed E-state index contributed by atoms with van der Waals surface area (Å²) < 4.78 is 5.05. The molecule has 1 rings (SSSR count). The first-order valence-corrected chi connectivity index (χ1v) is 6.10. The van der Waals surface area contributed by atoms with Crippen LogP contribution in [0.15, 0.2) is 18.2 Å². The van der Waals surface area contributed by atoms with Gasteiger partial charge in [-0.15, -0.1) is 0 Å². The second kappa shape index (κ2) is 7.93. The highest BCUT2D eigenvalue weighted by atomic mass is 35.5. The van der Waals surface area contributed by atoms with E-state index in [0.29, 0.717) is 31.1 Å². The maximum Gasteiger partial charge on any atom is 0.0682 e. The van der Waals surface area contributed by atoms with Crippen molar-refractivity contribution in [3.8, 4) is 6.07 Å². The van der Waals surface area contributed by atoms with Gasteiger partial charge in [-0.25, -0.2) is 0 Å². The normalized spacial score (nSPS) is 10.1. The van der Waals surface area contributed by atoms with Crippen LogP contribution in [0, 0.1) is 11.3 Å². The standard InChI is InChI=1S/C13H17ClN2O2/c1-18-8-7-16(6-2-5-15)13-4-3-11(10-17)9-12(13)14/h3-4,9,17H,2,6-8,10H2,1H3. The lowest BCUT2D eigenvalue weighted by atomic mass is 10.2. The zero-order chi connectivity index (χ0) is 13.4. The van der Waals surface area contributed by atoms with Gasteiger partial charge in [-0.2, -0.15) is 5.26 Å². The van der Waals surface area contributed by atoms with Crippen LogP contribution in [0.5, 0.6) is 0 Å². The SMILES string of the molecule is COCCN(CCC#N)c1ccc(CO)cc1Cl. The van der Waals surface area contributed by atoms with E-state index in [2.05, 4.69) is 6.07 Å². The second-order valence-corrected chi connectivity index (χ2v) is 4.24. The van der Waals surface area contributed by atoms with E-state index < -0.39 is 0 Å². The van der Waals surface area contributed by atoms with Crippen molar-refractivity contribution in [1.29, 1.82) is 5.26 Å². The monoisotopic (exact) mass is 268 g/mol. The lowest BCUT2D eigenvalue weighted by molar-refractivity contribution is 0.205. The number of hydrogen-bond acceptors (Lipinski definition) is 4. The van der Waals surface area contributed by atoms with Crippen LogP contribution >= 0.6 is 11.6 Å². The molecule has 0 spiro atoms. The van der Waals surface area contributed by atoms with E-state index in [-0.39, 0.29) is 6.61 Å². The molecule has 0 atom stereocenters. The Kier molecular flexibility index (Phi) is 6.51. The molecule has 0 saturated carbocycles. The molecule has 1 N–H and O–H groups in total. The zero-order valence-electron chi connectivity index (χ0n) is 10.4. The Morgan fingerprint density at radius 3 is 2.78 bits per heavy atom. The highest BCUT2D eigenvalue weighted by molar-refractivity contribution is 6.33. The molecule has 0 aliphatic carbocycles. The van der Waals surface area contributed by atoms with E-state index in [1.165, 1.54) is 0 Å². The van der Waals surface area contributed by atoms with Gasteiger partial charge < -0.3 is 14.7 Å². The van der Waals surface area contributed by atoms with Gasteiger partial charge >= 0.3 is 0 Å². The minimum Gasteiger partial charge on any atom is -0.392 e. The largest absolute Gasteiger partial charge is 0.392 e. The number of anilines is 1. The van der Waals surface area contributed by atoms with Crippen molar-refractivity contribution >= 4 is 17.3 Å². The van der Waals surface area contributed by atoms with Crippen molar-refractivity contribution in [3.63, 3.8) is 0 Å². The van der Waals surface area contributed by atoms with Crippen LogP contribution in [0.3, 0.4) is 0 Å². The number of aliphatic hydroxyl groups is 1. The summed E-state index contributed by atoms with van der Waals surface area (Å²) in [6, 6.07) is 7.55. The molecule has 4 nitrogen and oxygen atoms in total. The molecule has 0 saturated heterocycles. The number of aliphatic hydroxyl groups excluding tert-OH is 1. The molecule has 5 heteroatoms. The summed E-state index contributed by atoms with van der Waals surface area (Å²) in [5.74, 6) is 0. The maximum absolute atomic E-state index is 9.04. The number of rotatable bonds is 7. The highest BCUT2D eigenvalue weighted by Gasteiger charge is 2.10. The molecule has 0 radical (unpaired) electrons. The van der Waals surface area contributed by atoms with Gasteiger partial charge in [0, 0.05) is 20.2 Å². The van der Waals surface area contributed by atoms with Crippen LogP contribution in [0.2, 0.25) is 5.02 Å². The highest BCUT2D eigenvalue weighted by Crippen LogP contribution is 2.27. The molecule has 0 fully saturated rings. The summed E-state index contributed by atoms with van der Waals surface area (Å²) >= 11 is 6.18. The summed E-state index contributed by atoms with van der Waals surface area (Å²) in [4.78, 5) is 2.01. The Labute approximate surface area is 112 Å². The smallest absolute Gasteiger partial charge is 0.0682 e. The third-order valence-corrected chi connectivity index (χ3v) is 2.90. The summed E-state index contributed by atoms with van der Waals surface area (Å²) in [6.07, 6.45) is 0.432. The molecule has 0 aliphatic rings. The Balaban J connectivity index is 2.86. The minimum absolute atomic E-state index is 0.0315. The van der Waals surface area contributed by atoms with E-state index in [0.717, 1.165) is 11.3 Å². The molecule has 0 unspecified atom stereocenters. The number of methoxy groups -OCH3 is 1. The van der Waals surface area contributed by atoms with Gasteiger partial charge in [-0.05, 0) is 17.7 Å². The fourth-order valence-corrected chi connectivity index (χ4v) is 1.97. The van der Waals surface area contributed by atoms with Gasteiger partial charge in [0.2, 0.25) is 0 Å². The van der Waals surface area contributed by atoms with Crippen LogP contribution in [0.4, 0.5) is 5.69 Å². The number of ether oxygens (including phenoxy) is 1. The summed E-state index contributed by atoms with van der Waals surface area (Å²) in [5.41, 5.74) is 1.64. The maximum atomic E-state index is 9.04. The van der Waals surface area contributed by atoms with Crippen molar-refractivity contribution < 1.29 is 9.84 Å². The van der Waals surface area contributed by atoms with E-state index in [4.69, 9.17) is 26.7 Å². The molecule has 1 aromatic rings. The first-order chi connectivity index (χ1) is 8.72. The number of halogens is 1. The fraction of sp³-hybridized carbons (Fsp3) is 0.462. The quantitative estimate of drug-likeness (QED) is 0.824. The molecular formula is C13H17ClN2O2. The van der Waals surface area contributed by atoms with Crippen molar-refractivity contribution in [2.75, 3.05) is 31.7 Å². The molecule has 18 heavy (non-hydrogen) atoms. The Morgan fingerprint density at radius 1 is 1.44 bits per heavy atom. The fourth-order valence-electron chi connectivity index (χ4n) is 1.64. The molecule has 0 amide bonds. The first kappa shape index (κ1) is 14.8. The first-order valence-electron chi connectivity index (χ1n) is 5.73. The van der Waals surface area contributed by atoms with Crippen molar-refractivity contribution in [2.45, 2.75) is 13.0 Å². The number of nitriles is 1. The Bertz CT molecular complexity index is 418. The Hall–Kier alpha value is -1.28. The lowest BCUT2D eigenvalue weighted by Gasteiger charge is -2.24. The van der Waals surface area contributed by atoms with E-state index >= 15 is 0 Å². The molecule has 0 aliphatic heterocycles. The molecule has 0 aromatic heterocycles. The predicted octanol–water partition coefficient (Wildman–Crippen LogP) is 2.20. The van der Waals surface area contributed by atoms with Gasteiger partial charge in [0.25, 0.3) is 0 Å². The van der Waals surface area contributed by atoms with Crippen LogP contribution < -0.4 is 4.90 Å². The third kappa shape index (κ3) is 4.19. The van der Waals surface area contributed by atoms with E-state index in [1.54, 1.807) is 13.2 Å². The molecule has 0 heterocycles. The van der Waals surface area contributed by atoms with Crippen molar-refractivity contribution in [3.05, 3.63) is 28.8 Å². The van der Waals surface area contributed by atoms with Crippen molar-refractivity contribution in [2.24, 2.45) is 0 Å². The van der Waals surface area contributed by atoms with Gasteiger partial charge in [0.1, 0.15) is 0 Å². The second-order valence-electron chi connectivity index (χ2n) is 3.83. The zero-order valence-corrected chi connectivity index (χ0v) is 11.2. The number of hydrogen-bond donors (Lipinski definition) is 1. The predicted molar refractivity (Wildman–Crippen MR) is 71.7 cm³/mol. The van der Waals surface area contributed by atoms with Crippen LogP contribution in [0.25, 0.3) is 0 Å². The topological polar surface area (TPSA) is 56.5 Å². The third-order valence-electron chi connectivity index (χ3n) is 2.59.